The van der Waals surface area contributed by atoms with Crippen LogP contribution in [-0.2, 0) is 10.0 Å². The van der Waals surface area contributed by atoms with Gasteiger partial charge >= 0.3 is 0 Å². The van der Waals surface area contributed by atoms with E-state index >= 15 is 0 Å². The fourth-order valence-electron chi connectivity index (χ4n) is 3.28. The first kappa shape index (κ1) is 19.4. The van der Waals surface area contributed by atoms with Crippen molar-refractivity contribution < 1.29 is 12.8 Å². The van der Waals surface area contributed by atoms with Crippen molar-refractivity contribution in [3.8, 4) is 10.6 Å². The maximum atomic E-state index is 14.0. The fourth-order valence-corrected chi connectivity index (χ4v) is 6.10. The van der Waals surface area contributed by atoms with Gasteiger partial charge in [-0.1, -0.05) is 41.1 Å². The minimum atomic E-state index is -3.63. The molecule has 2 aromatic carbocycles. The Morgan fingerprint density at radius 3 is 2.75 bits per heavy atom. The SMILES string of the molecule is O=S(=O)(c1cccc(Cl)c1)N1CCCC(c2nnc(-c3ccccc3F)s2)C1. The van der Waals surface area contributed by atoms with Crippen LogP contribution < -0.4 is 0 Å². The molecule has 1 aliphatic heterocycles. The lowest BCUT2D eigenvalue weighted by molar-refractivity contribution is 0.314. The first-order valence-corrected chi connectivity index (χ1v) is 11.4. The largest absolute Gasteiger partial charge is 0.243 e. The van der Waals surface area contributed by atoms with E-state index in [1.807, 2.05) is 0 Å². The molecule has 0 aliphatic carbocycles. The van der Waals surface area contributed by atoms with E-state index in [4.69, 9.17) is 11.6 Å². The number of sulfonamides is 1. The highest BCUT2D eigenvalue weighted by Crippen LogP contribution is 2.35. The quantitative estimate of drug-likeness (QED) is 0.600. The van der Waals surface area contributed by atoms with Crippen LogP contribution >= 0.6 is 22.9 Å². The molecule has 0 radical (unpaired) electrons. The number of rotatable bonds is 4. The summed E-state index contributed by atoms with van der Waals surface area (Å²) in [5.41, 5.74) is 0.408. The lowest BCUT2D eigenvalue weighted by atomic mass is 10.0. The third-order valence-corrected chi connectivity index (χ3v) is 7.93. The average Bonchev–Trinajstić information content (AvgIpc) is 3.18. The number of piperidine rings is 1. The predicted molar refractivity (Wildman–Crippen MR) is 107 cm³/mol. The van der Waals surface area contributed by atoms with Gasteiger partial charge in [-0.2, -0.15) is 4.31 Å². The van der Waals surface area contributed by atoms with Gasteiger partial charge < -0.3 is 0 Å². The summed E-state index contributed by atoms with van der Waals surface area (Å²) in [4.78, 5) is 0.185. The molecule has 0 spiro atoms. The molecule has 1 saturated heterocycles. The second-order valence-electron chi connectivity index (χ2n) is 6.58. The summed E-state index contributed by atoms with van der Waals surface area (Å²) in [6, 6.07) is 12.7. The lowest BCUT2D eigenvalue weighted by Crippen LogP contribution is -2.39. The third kappa shape index (κ3) is 3.82. The number of halogens is 2. The summed E-state index contributed by atoms with van der Waals surface area (Å²) in [6.07, 6.45) is 1.53. The van der Waals surface area contributed by atoms with Crippen molar-refractivity contribution in [1.82, 2.24) is 14.5 Å². The standard InChI is InChI=1S/C19H17ClFN3O2S2/c20-14-6-3-7-15(11-14)28(25,26)24-10-4-5-13(12-24)18-22-23-19(27-18)16-8-1-2-9-17(16)21/h1-3,6-9,11,13H,4-5,10,12H2. The first-order valence-electron chi connectivity index (χ1n) is 8.79. The molecule has 1 aliphatic rings. The Labute approximate surface area is 171 Å². The number of aromatic nitrogens is 2. The van der Waals surface area contributed by atoms with Crippen LogP contribution in [0.15, 0.2) is 53.4 Å². The topological polar surface area (TPSA) is 63.2 Å². The third-order valence-electron chi connectivity index (χ3n) is 4.71. The van der Waals surface area contributed by atoms with Crippen LogP contribution in [0.2, 0.25) is 5.02 Å². The molecule has 1 atom stereocenters. The van der Waals surface area contributed by atoms with E-state index in [-0.39, 0.29) is 16.6 Å². The van der Waals surface area contributed by atoms with Gasteiger partial charge in [0.1, 0.15) is 10.8 Å². The molecule has 1 fully saturated rings. The molecule has 3 aromatic rings. The Hall–Kier alpha value is -1.87. The van der Waals surface area contributed by atoms with Crippen molar-refractivity contribution in [3.63, 3.8) is 0 Å². The molecule has 2 heterocycles. The van der Waals surface area contributed by atoms with Gasteiger partial charge in [0.05, 0.1) is 4.90 Å². The van der Waals surface area contributed by atoms with Crippen molar-refractivity contribution in [2.45, 2.75) is 23.7 Å². The van der Waals surface area contributed by atoms with Crippen molar-refractivity contribution in [2.75, 3.05) is 13.1 Å². The number of hydrogen-bond donors (Lipinski definition) is 0. The van der Waals surface area contributed by atoms with Crippen LogP contribution in [0.1, 0.15) is 23.8 Å². The van der Waals surface area contributed by atoms with E-state index in [0.29, 0.717) is 28.7 Å². The maximum Gasteiger partial charge on any atom is 0.243 e. The highest BCUT2D eigenvalue weighted by molar-refractivity contribution is 7.89. The maximum absolute atomic E-state index is 14.0. The molecular weight excluding hydrogens is 421 g/mol. The zero-order chi connectivity index (χ0) is 19.7. The van der Waals surface area contributed by atoms with E-state index in [1.165, 1.54) is 27.8 Å². The summed E-state index contributed by atoms with van der Waals surface area (Å²) in [7, 11) is -3.63. The summed E-state index contributed by atoms with van der Waals surface area (Å²) < 4.78 is 41.4. The lowest BCUT2D eigenvalue weighted by Gasteiger charge is -2.30. The summed E-state index contributed by atoms with van der Waals surface area (Å²) in [6.45, 7) is 0.769. The zero-order valence-corrected chi connectivity index (χ0v) is 17.1. The van der Waals surface area contributed by atoms with Gasteiger partial charge in [0.15, 0.2) is 5.01 Å². The van der Waals surface area contributed by atoms with Crippen molar-refractivity contribution in [1.29, 1.82) is 0 Å². The van der Waals surface area contributed by atoms with E-state index in [0.717, 1.165) is 17.8 Å². The molecule has 4 rings (SSSR count). The number of nitrogens with zero attached hydrogens (tertiary/aromatic N) is 3. The zero-order valence-electron chi connectivity index (χ0n) is 14.8. The molecular formula is C19H17ClFN3O2S2. The monoisotopic (exact) mass is 437 g/mol. The molecule has 0 amide bonds. The molecule has 5 nitrogen and oxygen atoms in total. The number of benzene rings is 2. The van der Waals surface area contributed by atoms with Crippen molar-refractivity contribution in [3.05, 3.63) is 64.4 Å². The van der Waals surface area contributed by atoms with Gasteiger partial charge in [0, 0.05) is 29.6 Å². The summed E-state index contributed by atoms with van der Waals surface area (Å²) in [5, 5.41) is 9.95. The van der Waals surface area contributed by atoms with Crippen LogP contribution in [0.3, 0.4) is 0 Å². The van der Waals surface area contributed by atoms with Crippen LogP contribution in [0.5, 0.6) is 0 Å². The van der Waals surface area contributed by atoms with Crippen LogP contribution in [0, 0.1) is 5.82 Å². The van der Waals surface area contributed by atoms with E-state index in [9.17, 15) is 12.8 Å². The molecule has 1 unspecified atom stereocenters. The molecule has 146 valence electrons. The smallest absolute Gasteiger partial charge is 0.207 e. The molecule has 0 bridgehead atoms. The van der Waals surface area contributed by atoms with Gasteiger partial charge in [0.25, 0.3) is 0 Å². The molecule has 28 heavy (non-hydrogen) atoms. The Morgan fingerprint density at radius 2 is 1.96 bits per heavy atom. The van der Waals surface area contributed by atoms with Gasteiger partial charge in [0.2, 0.25) is 10.0 Å². The van der Waals surface area contributed by atoms with E-state index < -0.39 is 10.0 Å². The molecule has 0 N–H and O–H groups in total. The Morgan fingerprint density at radius 1 is 1.14 bits per heavy atom. The highest BCUT2D eigenvalue weighted by atomic mass is 35.5. The average molecular weight is 438 g/mol. The van der Waals surface area contributed by atoms with Crippen LogP contribution in [-0.4, -0.2) is 36.0 Å². The van der Waals surface area contributed by atoms with Crippen molar-refractivity contribution in [2.24, 2.45) is 0 Å². The first-order chi connectivity index (χ1) is 13.4. The predicted octanol–water partition coefficient (Wildman–Crippen LogP) is 4.57. The fraction of sp³-hybridized carbons (Fsp3) is 0.263. The van der Waals surface area contributed by atoms with Gasteiger partial charge in [-0.25, -0.2) is 12.8 Å². The Kier molecular flexibility index (Phi) is 5.46. The second-order valence-corrected chi connectivity index (χ2v) is 9.97. The van der Waals surface area contributed by atoms with Crippen molar-refractivity contribution >= 4 is 33.0 Å². The highest BCUT2D eigenvalue weighted by Gasteiger charge is 2.32. The van der Waals surface area contributed by atoms with Gasteiger partial charge in [-0.3, -0.25) is 0 Å². The minimum absolute atomic E-state index is 0.0688. The van der Waals surface area contributed by atoms with Crippen LogP contribution in [0.4, 0.5) is 4.39 Å². The molecule has 0 saturated carbocycles. The Balaban J connectivity index is 1.57. The Bertz CT molecular complexity index is 1100. The van der Waals surface area contributed by atoms with Crippen LogP contribution in [0.25, 0.3) is 10.6 Å². The summed E-state index contributed by atoms with van der Waals surface area (Å²) >= 11 is 7.27. The second kappa shape index (κ2) is 7.87. The molecule has 9 heteroatoms. The normalized spacial score (nSPS) is 18.3. The minimum Gasteiger partial charge on any atom is -0.207 e. The van der Waals surface area contributed by atoms with Gasteiger partial charge in [-0.05, 0) is 43.2 Å². The molecule has 1 aromatic heterocycles. The van der Waals surface area contributed by atoms with E-state index in [2.05, 4.69) is 10.2 Å². The number of hydrogen-bond acceptors (Lipinski definition) is 5. The van der Waals surface area contributed by atoms with Gasteiger partial charge in [-0.15, -0.1) is 10.2 Å². The van der Waals surface area contributed by atoms with E-state index in [1.54, 1.807) is 36.4 Å². The summed E-state index contributed by atoms with van der Waals surface area (Å²) in [5.74, 6) is -0.417.